The summed E-state index contributed by atoms with van der Waals surface area (Å²) in [5.41, 5.74) is 8.51. The van der Waals surface area contributed by atoms with Crippen molar-refractivity contribution in [2.75, 3.05) is 11.5 Å². The van der Waals surface area contributed by atoms with Gasteiger partial charge in [-0.3, -0.25) is 4.55 Å². The Hall–Kier alpha value is -2.56. The van der Waals surface area contributed by atoms with Crippen molar-refractivity contribution in [1.29, 1.82) is 0 Å². The summed E-state index contributed by atoms with van der Waals surface area (Å²) in [6.45, 7) is 4.09. The first-order chi connectivity index (χ1) is 18.3. The number of thiophene rings is 1. The van der Waals surface area contributed by atoms with Gasteiger partial charge in [-0.15, -0.1) is 11.3 Å². The van der Waals surface area contributed by atoms with E-state index in [9.17, 15) is 25.9 Å². The Morgan fingerprint density at radius 2 is 1.44 bits per heavy atom. The van der Waals surface area contributed by atoms with E-state index in [0.717, 1.165) is 49.6 Å². The monoisotopic (exact) mass is 583 g/mol. The van der Waals surface area contributed by atoms with Crippen LogP contribution in [0, 0.1) is 13.8 Å². The van der Waals surface area contributed by atoms with E-state index in [0.29, 0.717) is 12.8 Å². The van der Waals surface area contributed by atoms with Crippen molar-refractivity contribution in [3.8, 4) is 11.1 Å². The number of allylic oxidation sites excluding steroid dienone is 4. The van der Waals surface area contributed by atoms with E-state index in [-0.39, 0.29) is 18.6 Å². The minimum absolute atomic E-state index is 0.178. The zero-order valence-corrected chi connectivity index (χ0v) is 24.4. The van der Waals surface area contributed by atoms with Crippen LogP contribution in [0.3, 0.4) is 0 Å². The molecule has 0 fully saturated rings. The summed E-state index contributed by atoms with van der Waals surface area (Å²) in [5, 5.41) is 0. The topological polar surface area (TPSA) is 112 Å². The Morgan fingerprint density at radius 3 is 2.03 bits per heavy atom. The molecule has 0 aliphatic heterocycles. The Balaban J connectivity index is 1.49. The van der Waals surface area contributed by atoms with E-state index in [1.807, 2.05) is 6.92 Å². The van der Waals surface area contributed by atoms with Crippen molar-refractivity contribution in [2.24, 2.45) is 0 Å². The second-order valence-electron chi connectivity index (χ2n) is 10.6. The fourth-order valence-electron chi connectivity index (χ4n) is 6.05. The first kappa shape index (κ1) is 28.0. The molecular weight excluding hydrogens is 553 g/mol. The molecule has 1 unspecified atom stereocenters. The second kappa shape index (κ2) is 10.4. The standard InChI is InChI=1S/C30H32O6S3/c1-20-5-7-22(8-6-20)23-9-11-24(12-10-23)25-18-26-27(19-25)30(13-3-15-38(31,32)33,14-4-16-39(34,35)36)28-17-21(2)37-29(26)28/h5-12,17,19H,3-4,13-16,18H2,1-2H3,(H,31,32,33)(H,34,35,36)/p-1. The summed E-state index contributed by atoms with van der Waals surface area (Å²) < 4.78 is 66.7. The van der Waals surface area contributed by atoms with Gasteiger partial charge < -0.3 is 4.55 Å². The molecule has 0 spiro atoms. The molecule has 0 saturated carbocycles. The summed E-state index contributed by atoms with van der Waals surface area (Å²) in [4.78, 5) is 2.28. The third-order valence-electron chi connectivity index (χ3n) is 7.82. The van der Waals surface area contributed by atoms with Crippen molar-refractivity contribution < 1.29 is 25.9 Å². The maximum atomic E-state index is 11.5. The summed E-state index contributed by atoms with van der Waals surface area (Å²) in [7, 11) is -8.52. The molecule has 1 heterocycles. The van der Waals surface area contributed by atoms with Crippen LogP contribution < -0.4 is 0 Å². The lowest BCUT2D eigenvalue weighted by molar-refractivity contribution is 0.418. The van der Waals surface area contributed by atoms with Gasteiger partial charge in [-0.05, 0) is 91.0 Å². The predicted octanol–water partition coefficient (Wildman–Crippen LogP) is 6.52. The number of rotatable bonds is 10. The van der Waals surface area contributed by atoms with Crippen LogP contribution in [-0.2, 0) is 25.7 Å². The van der Waals surface area contributed by atoms with Crippen molar-refractivity contribution in [3.05, 3.63) is 92.7 Å². The molecule has 0 saturated heterocycles. The fourth-order valence-corrected chi connectivity index (χ4v) is 8.22. The van der Waals surface area contributed by atoms with Crippen molar-refractivity contribution in [2.45, 2.75) is 51.4 Å². The zero-order chi connectivity index (χ0) is 28.0. The highest BCUT2D eigenvalue weighted by molar-refractivity contribution is 7.85. The molecule has 9 heteroatoms. The number of fused-ring (bicyclic) bond motifs is 2. The summed E-state index contributed by atoms with van der Waals surface area (Å²) in [6, 6.07) is 19.0. The molecule has 3 aromatic rings. The first-order valence-electron chi connectivity index (χ1n) is 13.0. The summed E-state index contributed by atoms with van der Waals surface area (Å²) in [5.74, 6) is -0.835. The molecule has 0 radical (unpaired) electrons. The van der Waals surface area contributed by atoms with E-state index >= 15 is 0 Å². The van der Waals surface area contributed by atoms with Gasteiger partial charge in [0.25, 0.3) is 10.1 Å². The third-order valence-corrected chi connectivity index (χ3v) is 10.5. The van der Waals surface area contributed by atoms with E-state index in [2.05, 4.69) is 67.6 Å². The smallest absolute Gasteiger partial charge is 0.264 e. The van der Waals surface area contributed by atoms with Crippen LogP contribution in [0.2, 0.25) is 0 Å². The van der Waals surface area contributed by atoms with Crippen LogP contribution in [0.25, 0.3) is 22.3 Å². The third kappa shape index (κ3) is 5.98. The SMILES string of the molecule is Cc1ccc(-c2ccc(C3=CC4=C(C3)c3sc(C)cc3C4(CCCS(=O)(=O)[O-])CCCS(=O)(=O)O)cc2)cc1. The molecule has 2 aliphatic rings. The van der Waals surface area contributed by atoms with Gasteiger partial charge >= 0.3 is 0 Å². The Labute approximate surface area is 234 Å². The molecule has 0 bridgehead atoms. The van der Waals surface area contributed by atoms with Crippen molar-refractivity contribution >= 4 is 42.7 Å². The van der Waals surface area contributed by atoms with E-state index < -0.39 is 31.4 Å². The highest BCUT2D eigenvalue weighted by Gasteiger charge is 2.46. The average molecular weight is 584 g/mol. The zero-order valence-electron chi connectivity index (χ0n) is 21.9. The van der Waals surface area contributed by atoms with Crippen LogP contribution in [-0.4, -0.2) is 37.4 Å². The maximum absolute atomic E-state index is 11.5. The lowest BCUT2D eigenvalue weighted by Crippen LogP contribution is -2.28. The highest BCUT2D eigenvalue weighted by atomic mass is 32.2. The van der Waals surface area contributed by atoms with Crippen LogP contribution >= 0.6 is 11.3 Å². The lowest BCUT2D eigenvalue weighted by Gasteiger charge is -2.33. The quantitative estimate of drug-likeness (QED) is 0.272. The van der Waals surface area contributed by atoms with Gasteiger partial charge in [0, 0.05) is 20.9 Å². The van der Waals surface area contributed by atoms with Gasteiger partial charge in [0.05, 0.1) is 15.9 Å². The molecule has 2 aliphatic carbocycles. The largest absolute Gasteiger partial charge is 0.748 e. The van der Waals surface area contributed by atoms with Crippen LogP contribution in [0.15, 0.2) is 66.2 Å². The minimum Gasteiger partial charge on any atom is -0.748 e. The molecule has 2 aromatic carbocycles. The number of hydrogen-bond donors (Lipinski definition) is 1. The molecule has 206 valence electrons. The normalized spacial score (nSPS) is 18.8. The molecule has 1 N–H and O–H groups in total. The second-order valence-corrected chi connectivity index (χ2v) is 15.0. The fraction of sp³-hybridized carbons (Fsp3) is 0.333. The number of hydrogen-bond acceptors (Lipinski definition) is 6. The van der Waals surface area contributed by atoms with Gasteiger partial charge in [0.15, 0.2) is 0 Å². The average Bonchev–Trinajstić information content (AvgIpc) is 3.51. The van der Waals surface area contributed by atoms with Gasteiger partial charge in [0.1, 0.15) is 0 Å². The predicted molar refractivity (Wildman–Crippen MR) is 156 cm³/mol. The molecule has 1 aromatic heterocycles. The maximum Gasteiger partial charge on any atom is 0.264 e. The summed E-state index contributed by atoms with van der Waals surface area (Å²) >= 11 is 1.69. The van der Waals surface area contributed by atoms with Gasteiger partial charge in [0.2, 0.25) is 0 Å². The van der Waals surface area contributed by atoms with Crippen molar-refractivity contribution in [3.63, 3.8) is 0 Å². The number of aryl methyl sites for hydroxylation is 2. The molecule has 5 rings (SSSR count). The molecule has 6 nitrogen and oxygen atoms in total. The number of benzene rings is 2. The van der Waals surface area contributed by atoms with E-state index in [1.165, 1.54) is 11.1 Å². The highest BCUT2D eigenvalue weighted by Crippen LogP contribution is 2.60. The Bertz CT molecular complexity index is 1640. The molecular formula is C30H31O6S3-. The van der Waals surface area contributed by atoms with E-state index in [1.54, 1.807) is 11.3 Å². The van der Waals surface area contributed by atoms with Crippen LogP contribution in [0.4, 0.5) is 0 Å². The lowest BCUT2D eigenvalue weighted by atomic mass is 9.71. The molecule has 1 atom stereocenters. The van der Waals surface area contributed by atoms with Crippen LogP contribution in [0.5, 0.6) is 0 Å². The summed E-state index contributed by atoms with van der Waals surface area (Å²) in [6.07, 6.45) is 4.16. The van der Waals surface area contributed by atoms with Crippen molar-refractivity contribution in [1.82, 2.24) is 0 Å². The van der Waals surface area contributed by atoms with Gasteiger partial charge in [-0.1, -0.05) is 60.2 Å². The molecule has 0 amide bonds. The minimum atomic E-state index is -4.38. The Morgan fingerprint density at radius 1 is 0.872 bits per heavy atom. The Kier molecular flexibility index (Phi) is 7.50. The van der Waals surface area contributed by atoms with Gasteiger partial charge in [-0.2, -0.15) is 8.42 Å². The van der Waals surface area contributed by atoms with Crippen LogP contribution in [0.1, 0.15) is 58.5 Å². The van der Waals surface area contributed by atoms with Gasteiger partial charge in [-0.25, -0.2) is 8.42 Å². The molecule has 39 heavy (non-hydrogen) atoms. The first-order valence-corrected chi connectivity index (χ1v) is 17.0. The van der Waals surface area contributed by atoms with E-state index in [4.69, 9.17) is 0 Å².